The maximum atomic E-state index is 11.7. The van der Waals surface area contributed by atoms with Gasteiger partial charge in [0.15, 0.2) is 6.61 Å². The molecule has 0 spiro atoms. The van der Waals surface area contributed by atoms with Gasteiger partial charge in [-0.15, -0.1) is 0 Å². The summed E-state index contributed by atoms with van der Waals surface area (Å²) in [5, 5.41) is 4.53. The first-order valence-electron chi connectivity index (χ1n) is 6.92. The highest BCUT2D eigenvalue weighted by atomic mass is 79.9. The number of nitrogens with zero attached hydrogens (tertiary/aromatic N) is 1. The van der Waals surface area contributed by atoms with Crippen molar-refractivity contribution < 1.29 is 9.53 Å². The molecule has 2 rings (SSSR count). The molecular weight excluding hydrogens is 380 g/mol. The van der Waals surface area contributed by atoms with Crippen LogP contribution in [0.5, 0.6) is 5.75 Å². The van der Waals surface area contributed by atoms with Crippen LogP contribution >= 0.6 is 27.5 Å². The number of aryl methyl sites for hydroxylation is 2. The molecular formula is C17H16BrClN2O2. The monoisotopic (exact) mass is 394 g/mol. The van der Waals surface area contributed by atoms with E-state index in [0.29, 0.717) is 15.2 Å². The maximum absolute atomic E-state index is 11.7. The Morgan fingerprint density at radius 1 is 1.30 bits per heavy atom. The number of hydrazone groups is 1. The highest BCUT2D eigenvalue weighted by Gasteiger charge is 2.05. The molecule has 2 aromatic carbocycles. The zero-order valence-electron chi connectivity index (χ0n) is 12.8. The van der Waals surface area contributed by atoms with Crippen molar-refractivity contribution in [2.45, 2.75) is 13.8 Å². The molecule has 0 atom stereocenters. The molecule has 0 aromatic heterocycles. The van der Waals surface area contributed by atoms with Crippen LogP contribution in [0, 0.1) is 13.8 Å². The molecule has 0 bridgehead atoms. The topological polar surface area (TPSA) is 50.7 Å². The van der Waals surface area contributed by atoms with Crippen LogP contribution in [-0.2, 0) is 4.79 Å². The van der Waals surface area contributed by atoms with Crippen molar-refractivity contribution in [1.82, 2.24) is 5.43 Å². The van der Waals surface area contributed by atoms with E-state index in [4.69, 9.17) is 16.3 Å². The predicted octanol–water partition coefficient (Wildman–Crippen LogP) is 4.25. The van der Waals surface area contributed by atoms with E-state index in [0.717, 1.165) is 11.1 Å². The van der Waals surface area contributed by atoms with E-state index in [1.807, 2.05) is 26.0 Å². The van der Waals surface area contributed by atoms with Crippen molar-refractivity contribution >= 4 is 39.7 Å². The Labute approximate surface area is 148 Å². The number of rotatable bonds is 5. The molecule has 4 nitrogen and oxygen atoms in total. The average molecular weight is 396 g/mol. The van der Waals surface area contributed by atoms with Crippen LogP contribution in [0.1, 0.15) is 16.7 Å². The van der Waals surface area contributed by atoms with Crippen molar-refractivity contribution in [3.63, 3.8) is 0 Å². The Morgan fingerprint density at radius 3 is 2.78 bits per heavy atom. The molecule has 120 valence electrons. The molecule has 0 radical (unpaired) electrons. The molecule has 0 aliphatic heterocycles. The van der Waals surface area contributed by atoms with E-state index >= 15 is 0 Å². The first-order valence-corrected chi connectivity index (χ1v) is 8.10. The molecule has 0 saturated heterocycles. The van der Waals surface area contributed by atoms with Gasteiger partial charge in [-0.05, 0) is 59.1 Å². The Morgan fingerprint density at radius 2 is 2.09 bits per heavy atom. The first-order chi connectivity index (χ1) is 11.0. The number of halogens is 2. The Hall–Kier alpha value is -1.85. The van der Waals surface area contributed by atoms with E-state index in [2.05, 4.69) is 32.5 Å². The molecule has 1 amide bonds. The first kappa shape index (κ1) is 17.5. The van der Waals surface area contributed by atoms with Gasteiger partial charge in [-0.1, -0.05) is 35.4 Å². The lowest BCUT2D eigenvalue weighted by atomic mass is 10.1. The van der Waals surface area contributed by atoms with Crippen LogP contribution in [0.25, 0.3) is 0 Å². The van der Waals surface area contributed by atoms with Crippen LogP contribution in [0.2, 0.25) is 5.02 Å². The third-order valence-corrected chi connectivity index (χ3v) is 3.93. The van der Waals surface area contributed by atoms with Gasteiger partial charge in [0.25, 0.3) is 5.91 Å². The highest BCUT2D eigenvalue weighted by Crippen LogP contribution is 2.27. The second kappa shape index (κ2) is 8.13. The third-order valence-electron chi connectivity index (χ3n) is 3.07. The Balaban J connectivity index is 1.86. The smallest absolute Gasteiger partial charge is 0.277 e. The molecule has 0 fully saturated rings. The van der Waals surface area contributed by atoms with Crippen LogP contribution in [-0.4, -0.2) is 18.7 Å². The molecule has 1 N–H and O–H groups in total. The SMILES string of the molecule is Cc1ccc(C=NNC(=O)COc2ccc(Cl)cc2Br)c(C)c1. The predicted molar refractivity (Wildman–Crippen MR) is 96.3 cm³/mol. The van der Waals surface area contributed by atoms with Gasteiger partial charge < -0.3 is 4.74 Å². The molecule has 0 heterocycles. The van der Waals surface area contributed by atoms with Crippen LogP contribution in [0.3, 0.4) is 0 Å². The van der Waals surface area contributed by atoms with Gasteiger partial charge in [-0.3, -0.25) is 4.79 Å². The summed E-state index contributed by atoms with van der Waals surface area (Å²) < 4.78 is 6.10. The largest absolute Gasteiger partial charge is 0.483 e. The van der Waals surface area contributed by atoms with E-state index in [1.165, 1.54) is 5.56 Å². The minimum Gasteiger partial charge on any atom is -0.483 e. The van der Waals surface area contributed by atoms with Crippen molar-refractivity contribution in [1.29, 1.82) is 0 Å². The van der Waals surface area contributed by atoms with Gasteiger partial charge in [0.05, 0.1) is 10.7 Å². The van der Waals surface area contributed by atoms with Gasteiger partial charge in [-0.25, -0.2) is 5.43 Å². The lowest BCUT2D eigenvalue weighted by Gasteiger charge is -2.07. The number of nitrogens with one attached hydrogen (secondary N) is 1. The minimum absolute atomic E-state index is 0.134. The molecule has 0 saturated carbocycles. The Bertz CT molecular complexity index is 747. The van der Waals surface area contributed by atoms with E-state index < -0.39 is 0 Å². The van der Waals surface area contributed by atoms with Gasteiger partial charge in [0.2, 0.25) is 0 Å². The molecule has 0 aliphatic carbocycles. The fraction of sp³-hybridized carbons (Fsp3) is 0.176. The number of carbonyl (C=O) groups is 1. The number of ether oxygens (including phenoxy) is 1. The quantitative estimate of drug-likeness (QED) is 0.608. The summed E-state index contributed by atoms with van der Waals surface area (Å²) in [4.78, 5) is 11.7. The number of amides is 1. The fourth-order valence-corrected chi connectivity index (χ4v) is 2.71. The van der Waals surface area contributed by atoms with Crippen molar-refractivity contribution in [2.24, 2.45) is 5.10 Å². The van der Waals surface area contributed by atoms with Gasteiger partial charge in [0.1, 0.15) is 5.75 Å². The second-order valence-electron chi connectivity index (χ2n) is 5.02. The zero-order valence-corrected chi connectivity index (χ0v) is 15.1. The van der Waals surface area contributed by atoms with Gasteiger partial charge >= 0.3 is 0 Å². The average Bonchev–Trinajstić information content (AvgIpc) is 2.48. The molecule has 0 aliphatic rings. The maximum Gasteiger partial charge on any atom is 0.277 e. The number of carbonyl (C=O) groups excluding carboxylic acids is 1. The van der Waals surface area contributed by atoms with Crippen molar-refractivity contribution in [3.8, 4) is 5.75 Å². The minimum atomic E-state index is -0.340. The third kappa shape index (κ3) is 5.37. The van der Waals surface area contributed by atoms with E-state index in [1.54, 1.807) is 24.4 Å². The summed E-state index contributed by atoms with van der Waals surface area (Å²) in [6.07, 6.45) is 1.62. The second-order valence-corrected chi connectivity index (χ2v) is 6.31. The van der Waals surface area contributed by atoms with Gasteiger partial charge in [0, 0.05) is 5.02 Å². The van der Waals surface area contributed by atoms with E-state index in [9.17, 15) is 4.79 Å². The van der Waals surface area contributed by atoms with Crippen molar-refractivity contribution in [3.05, 3.63) is 62.6 Å². The van der Waals surface area contributed by atoms with Crippen LogP contribution < -0.4 is 10.2 Å². The van der Waals surface area contributed by atoms with E-state index in [-0.39, 0.29) is 12.5 Å². The van der Waals surface area contributed by atoms with Crippen molar-refractivity contribution in [2.75, 3.05) is 6.61 Å². The number of hydrogen-bond donors (Lipinski definition) is 1. The van der Waals surface area contributed by atoms with Crippen LogP contribution in [0.15, 0.2) is 46.0 Å². The summed E-state index contributed by atoms with van der Waals surface area (Å²) in [7, 11) is 0. The number of benzene rings is 2. The summed E-state index contributed by atoms with van der Waals surface area (Å²) in [5.41, 5.74) is 5.68. The normalized spacial score (nSPS) is 10.8. The molecule has 2 aromatic rings. The molecule has 23 heavy (non-hydrogen) atoms. The Kier molecular flexibility index (Phi) is 6.19. The molecule has 6 heteroatoms. The lowest BCUT2D eigenvalue weighted by Crippen LogP contribution is -2.24. The standard InChI is InChI=1S/C17H16BrClN2O2/c1-11-3-4-13(12(2)7-11)9-20-21-17(22)10-23-16-6-5-14(19)8-15(16)18/h3-9H,10H2,1-2H3,(H,21,22). The zero-order chi connectivity index (χ0) is 16.8. The summed E-state index contributed by atoms with van der Waals surface area (Å²) in [6, 6.07) is 11.1. The lowest BCUT2D eigenvalue weighted by molar-refractivity contribution is -0.123. The highest BCUT2D eigenvalue weighted by molar-refractivity contribution is 9.10. The number of hydrogen-bond acceptors (Lipinski definition) is 3. The summed E-state index contributed by atoms with van der Waals surface area (Å²) in [6.45, 7) is 3.89. The summed E-state index contributed by atoms with van der Waals surface area (Å²) >= 11 is 9.17. The molecule has 0 unspecified atom stereocenters. The van der Waals surface area contributed by atoms with Gasteiger partial charge in [-0.2, -0.15) is 5.10 Å². The van der Waals surface area contributed by atoms with Crippen LogP contribution in [0.4, 0.5) is 0 Å². The summed E-state index contributed by atoms with van der Waals surface area (Å²) in [5.74, 6) is 0.204. The fourth-order valence-electron chi connectivity index (χ4n) is 1.91.